The fourth-order valence-corrected chi connectivity index (χ4v) is 7.55. The summed E-state index contributed by atoms with van der Waals surface area (Å²) in [5.41, 5.74) is 0.718. The highest BCUT2D eigenvalue weighted by atomic mass is 19.1. The van der Waals surface area contributed by atoms with Crippen molar-refractivity contribution in [3.05, 3.63) is 53.6 Å². The van der Waals surface area contributed by atoms with Gasteiger partial charge in [0.1, 0.15) is 22.9 Å². The fraction of sp³-hybridized carbons (Fsp3) is 0.429. The molecule has 4 fully saturated rings. The van der Waals surface area contributed by atoms with Gasteiger partial charge in [-0.1, -0.05) is 18.1 Å². The molecule has 44 heavy (non-hydrogen) atoms. The van der Waals surface area contributed by atoms with Crippen LogP contribution in [0.5, 0.6) is 11.8 Å². The minimum absolute atomic E-state index is 0.0217. The maximum Gasteiger partial charge on any atom is 0.319 e. The Labute approximate surface area is 255 Å². The summed E-state index contributed by atoms with van der Waals surface area (Å²) in [7, 11) is 0. The number of nitrogens with zero attached hydrogens (tertiary/aromatic N) is 4. The average Bonchev–Trinajstić information content (AvgIpc) is 3.42. The van der Waals surface area contributed by atoms with Gasteiger partial charge in [0.2, 0.25) is 0 Å². The Morgan fingerprint density at radius 3 is 2.52 bits per heavy atom. The second kappa shape index (κ2) is 10.6. The largest absolute Gasteiger partial charge is 0.508 e. The molecule has 2 atom stereocenters. The van der Waals surface area contributed by atoms with Gasteiger partial charge < -0.3 is 25.0 Å². The Bertz CT molecular complexity index is 1820. The smallest absolute Gasteiger partial charge is 0.319 e. The molecular formula is C35H35F2N5O2. The number of nitrogens with one attached hydrogen (secondary N) is 1. The van der Waals surface area contributed by atoms with Crippen LogP contribution < -0.4 is 15.0 Å². The standard InChI is InChI=1S/C35H35F2N5O2/c1-2-25-29(36)10-5-21-15-24(43)16-28(30(21)25)26-8-9-27-32(31(26)37)39-34(40-33(27)42-17-22-6-7-23(18-42)38-22)44-20-35(11-12-35)19-41-13-3-4-14-41/h1,5,8-10,15-16,22-23,38,43H,3-4,6-7,11-14,17-20H2. The SMILES string of the molecule is C#Cc1c(F)ccc2cc(O)cc(-c3ccc4c(N5CC6CCC(C5)N6)nc(OCC5(CN6CCCC6)CC5)nc4c3F)c12. The van der Waals surface area contributed by atoms with E-state index in [-0.39, 0.29) is 33.8 Å². The molecule has 3 aromatic carbocycles. The molecule has 0 spiro atoms. The predicted molar refractivity (Wildman–Crippen MR) is 167 cm³/mol. The normalized spacial score (nSPS) is 22.5. The number of rotatable bonds is 7. The van der Waals surface area contributed by atoms with E-state index in [1.807, 2.05) is 6.07 Å². The number of anilines is 1. The van der Waals surface area contributed by atoms with Crippen LogP contribution in [0, 0.1) is 29.4 Å². The van der Waals surface area contributed by atoms with Gasteiger partial charge in [0.05, 0.1) is 12.2 Å². The van der Waals surface area contributed by atoms with Crippen molar-refractivity contribution in [1.29, 1.82) is 0 Å². The first kappa shape index (κ1) is 27.5. The Balaban J connectivity index is 1.24. The lowest BCUT2D eigenvalue weighted by molar-refractivity contribution is 0.170. The number of phenolic OH excluding ortho intramolecular Hbond substituents is 1. The van der Waals surface area contributed by atoms with Gasteiger partial charge in [0.15, 0.2) is 5.82 Å². The summed E-state index contributed by atoms with van der Waals surface area (Å²) in [6, 6.07) is 10.1. The molecule has 3 aliphatic heterocycles. The zero-order valence-corrected chi connectivity index (χ0v) is 24.6. The van der Waals surface area contributed by atoms with Crippen LogP contribution in [0.1, 0.15) is 44.1 Å². The Morgan fingerprint density at radius 1 is 1.02 bits per heavy atom. The first-order chi connectivity index (χ1) is 21.4. The van der Waals surface area contributed by atoms with Crippen LogP contribution in [0.4, 0.5) is 14.6 Å². The lowest BCUT2D eigenvalue weighted by Crippen LogP contribution is -2.51. The summed E-state index contributed by atoms with van der Waals surface area (Å²) in [5, 5.41) is 15.7. The highest BCUT2D eigenvalue weighted by Gasteiger charge is 2.45. The number of piperazine rings is 1. The van der Waals surface area contributed by atoms with E-state index in [0.717, 1.165) is 58.4 Å². The lowest BCUT2D eigenvalue weighted by atomic mass is 9.93. The maximum absolute atomic E-state index is 16.8. The number of hydrogen-bond acceptors (Lipinski definition) is 7. The molecule has 9 heteroatoms. The zero-order chi connectivity index (χ0) is 30.0. The van der Waals surface area contributed by atoms with E-state index < -0.39 is 11.6 Å². The van der Waals surface area contributed by atoms with Crippen LogP contribution >= 0.6 is 0 Å². The number of benzene rings is 3. The number of ether oxygens (including phenoxy) is 1. The number of hydrogen-bond donors (Lipinski definition) is 2. The molecular weight excluding hydrogens is 560 g/mol. The molecule has 3 saturated heterocycles. The van der Waals surface area contributed by atoms with Gasteiger partial charge in [-0.05, 0) is 86.8 Å². The Hall–Kier alpha value is -4.00. The van der Waals surface area contributed by atoms with E-state index in [1.54, 1.807) is 6.07 Å². The molecule has 1 aliphatic carbocycles. The Kier molecular flexibility index (Phi) is 6.61. The molecule has 2 unspecified atom stereocenters. The van der Waals surface area contributed by atoms with E-state index >= 15 is 4.39 Å². The van der Waals surface area contributed by atoms with Crippen LogP contribution in [0.25, 0.3) is 32.8 Å². The van der Waals surface area contributed by atoms with Gasteiger partial charge in [-0.2, -0.15) is 9.97 Å². The summed E-state index contributed by atoms with van der Waals surface area (Å²) in [6.07, 6.45) is 12.6. The van der Waals surface area contributed by atoms with Gasteiger partial charge in [0, 0.05) is 53.5 Å². The molecule has 1 saturated carbocycles. The lowest BCUT2D eigenvalue weighted by Gasteiger charge is -2.34. The van der Waals surface area contributed by atoms with Gasteiger partial charge >= 0.3 is 6.01 Å². The Morgan fingerprint density at radius 2 is 1.80 bits per heavy atom. The van der Waals surface area contributed by atoms with Crippen molar-refractivity contribution in [3.63, 3.8) is 0 Å². The molecule has 8 rings (SSSR count). The third-order valence-electron chi connectivity index (χ3n) is 9.99. The maximum atomic E-state index is 16.8. The number of aromatic hydroxyl groups is 1. The van der Waals surface area contributed by atoms with Crippen LogP contribution in [0.2, 0.25) is 0 Å². The molecule has 226 valence electrons. The van der Waals surface area contributed by atoms with Crippen LogP contribution in [-0.2, 0) is 0 Å². The van der Waals surface area contributed by atoms with Crippen molar-refractivity contribution >= 4 is 27.5 Å². The predicted octanol–water partition coefficient (Wildman–Crippen LogP) is 5.61. The summed E-state index contributed by atoms with van der Waals surface area (Å²) in [5.74, 6) is 1.84. The number of terminal acetylenes is 1. The second-order valence-electron chi connectivity index (χ2n) is 13.1. The van der Waals surface area contributed by atoms with Gasteiger partial charge in [-0.15, -0.1) is 6.42 Å². The molecule has 0 radical (unpaired) electrons. The number of fused-ring (bicyclic) bond motifs is 4. The van der Waals surface area contributed by atoms with Crippen molar-refractivity contribution in [2.45, 2.75) is 50.6 Å². The third-order valence-corrected chi connectivity index (χ3v) is 9.99. The van der Waals surface area contributed by atoms with Crippen molar-refractivity contribution < 1.29 is 18.6 Å². The first-order valence-corrected chi connectivity index (χ1v) is 15.7. The number of phenols is 1. The van der Waals surface area contributed by atoms with E-state index in [9.17, 15) is 9.50 Å². The van der Waals surface area contributed by atoms with E-state index in [4.69, 9.17) is 16.1 Å². The number of aromatic nitrogens is 2. The summed E-state index contributed by atoms with van der Waals surface area (Å²) < 4.78 is 37.9. The van der Waals surface area contributed by atoms with Crippen LogP contribution in [-0.4, -0.2) is 71.4 Å². The van der Waals surface area contributed by atoms with Crippen LogP contribution in [0.3, 0.4) is 0 Å². The van der Waals surface area contributed by atoms with Crippen molar-refractivity contribution in [1.82, 2.24) is 20.2 Å². The van der Waals surface area contributed by atoms with E-state index in [1.165, 1.54) is 37.1 Å². The molecule has 2 bridgehead atoms. The molecule has 4 aliphatic rings. The first-order valence-electron chi connectivity index (χ1n) is 15.7. The molecule has 4 heterocycles. The van der Waals surface area contributed by atoms with Crippen molar-refractivity contribution in [3.8, 4) is 35.2 Å². The van der Waals surface area contributed by atoms with Crippen LogP contribution in [0.15, 0.2) is 36.4 Å². The minimum Gasteiger partial charge on any atom is -0.508 e. The number of likely N-dealkylation sites (tertiary alicyclic amines) is 1. The number of halogens is 2. The van der Waals surface area contributed by atoms with Gasteiger partial charge in [-0.25, -0.2) is 8.78 Å². The average molecular weight is 596 g/mol. The molecule has 1 aromatic heterocycles. The highest BCUT2D eigenvalue weighted by Crippen LogP contribution is 2.47. The minimum atomic E-state index is -0.591. The molecule has 4 aromatic rings. The third kappa shape index (κ3) is 4.81. The molecule has 7 nitrogen and oxygen atoms in total. The summed E-state index contributed by atoms with van der Waals surface area (Å²) >= 11 is 0. The molecule has 0 amide bonds. The van der Waals surface area contributed by atoms with Gasteiger partial charge in [-0.3, -0.25) is 0 Å². The van der Waals surface area contributed by atoms with Gasteiger partial charge in [0.25, 0.3) is 0 Å². The van der Waals surface area contributed by atoms with E-state index in [0.29, 0.717) is 46.2 Å². The second-order valence-corrected chi connectivity index (χ2v) is 13.1. The van der Waals surface area contributed by atoms with Crippen molar-refractivity contribution in [2.24, 2.45) is 5.41 Å². The zero-order valence-electron chi connectivity index (χ0n) is 24.6. The highest BCUT2D eigenvalue weighted by molar-refractivity contribution is 6.04. The fourth-order valence-electron chi connectivity index (χ4n) is 7.55. The summed E-state index contributed by atoms with van der Waals surface area (Å²) in [4.78, 5) is 14.3. The monoisotopic (exact) mass is 595 g/mol. The topological polar surface area (TPSA) is 73.8 Å². The quantitative estimate of drug-likeness (QED) is 0.269. The molecule has 2 N–H and O–H groups in total. The van der Waals surface area contributed by atoms with E-state index in [2.05, 4.69) is 26.0 Å². The summed E-state index contributed by atoms with van der Waals surface area (Å²) in [6.45, 7) is 5.30. The van der Waals surface area contributed by atoms with Crippen molar-refractivity contribution in [2.75, 3.05) is 44.2 Å².